The lowest BCUT2D eigenvalue weighted by atomic mass is 9.86. The number of hydrogen-bond donors (Lipinski definition) is 0. The molecule has 2 heterocycles. The van der Waals surface area contributed by atoms with Gasteiger partial charge in [-0.3, -0.25) is 0 Å². The number of nitrogens with zero attached hydrogens (tertiary/aromatic N) is 2. The van der Waals surface area contributed by atoms with Crippen molar-refractivity contribution in [1.82, 2.24) is 5.01 Å². The topological polar surface area (TPSA) is 24.8 Å². The lowest BCUT2D eigenvalue weighted by Crippen LogP contribution is -2.34. The molecule has 0 saturated heterocycles. The third-order valence-corrected chi connectivity index (χ3v) is 6.80. The highest BCUT2D eigenvalue weighted by Crippen LogP contribution is 2.50. The fourth-order valence-corrected chi connectivity index (χ4v) is 4.98. The van der Waals surface area contributed by atoms with E-state index < -0.39 is 0 Å². The molecule has 0 amide bonds. The third-order valence-electron chi connectivity index (χ3n) is 6.05. The molecule has 2 atom stereocenters. The predicted molar refractivity (Wildman–Crippen MR) is 132 cm³/mol. The molecule has 0 unspecified atom stereocenters. The van der Waals surface area contributed by atoms with Crippen LogP contribution in [0.4, 0.5) is 0 Å². The first-order valence-electron chi connectivity index (χ1n) is 10.6. The predicted octanol–water partition coefficient (Wildman–Crippen LogP) is 8.19. The summed E-state index contributed by atoms with van der Waals surface area (Å²) in [6.07, 6.45) is 0.343. The molecule has 0 saturated carbocycles. The van der Waals surface area contributed by atoms with Gasteiger partial charge < -0.3 is 4.74 Å². The molecular formula is C26H23Cl3N2O. The maximum atomic E-state index is 6.57. The number of fused-ring (bicyclic) bond motifs is 3. The molecule has 0 spiro atoms. The van der Waals surface area contributed by atoms with Gasteiger partial charge in [0.25, 0.3) is 0 Å². The second-order valence-corrected chi connectivity index (χ2v) is 10.6. The van der Waals surface area contributed by atoms with Gasteiger partial charge in [0.2, 0.25) is 6.23 Å². The minimum Gasteiger partial charge on any atom is -0.463 e. The second kappa shape index (κ2) is 7.98. The average Bonchev–Trinajstić information content (AvgIpc) is 3.19. The van der Waals surface area contributed by atoms with Crippen LogP contribution in [0.15, 0.2) is 65.8 Å². The Labute approximate surface area is 203 Å². The minimum absolute atomic E-state index is 0.0204. The highest BCUT2D eigenvalue weighted by molar-refractivity contribution is 6.35. The van der Waals surface area contributed by atoms with Gasteiger partial charge in [0.05, 0.1) is 16.8 Å². The summed E-state index contributed by atoms with van der Waals surface area (Å²) in [6, 6.07) is 20.0. The zero-order valence-corrected chi connectivity index (χ0v) is 20.3. The van der Waals surface area contributed by atoms with Gasteiger partial charge in [0.1, 0.15) is 5.75 Å². The Kier molecular flexibility index (Phi) is 5.40. The summed E-state index contributed by atoms with van der Waals surface area (Å²) in [5, 5.41) is 8.83. The van der Waals surface area contributed by atoms with Crippen molar-refractivity contribution in [3.05, 3.63) is 98.0 Å². The molecule has 0 aromatic heterocycles. The van der Waals surface area contributed by atoms with Crippen molar-refractivity contribution in [3.63, 3.8) is 0 Å². The Morgan fingerprint density at radius 2 is 1.59 bits per heavy atom. The SMILES string of the molecule is CC(C)(C)c1ccc([C@H]2Oc3c(Cl)cc(Cl)cc3[C@@H]3CC(c4ccc(Cl)cc4)=NN23)cc1. The Hall–Kier alpha value is -2.20. The van der Waals surface area contributed by atoms with E-state index >= 15 is 0 Å². The van der Waals surface area contributed by atoms with Gasteiger partial charge in [-0.2, -0.15) is 5.10 Å². The molecule has 6 heteroatoms. The van der Waals surface area contributed by atoms with Gasteiger partial charge in [0, 0.05) is 27.6 Å². The Bertz CT molecular complexity index is 1200. The molecule has 2 aliphatic rings. The fraction of sp³-hybridized carbons (Fsp3) is 0.269. The van der Waals surface area contributed by atoms with Crippen LogP contribution in [0, 0.1) is 0 Å². The fourth-order valence-electron chi connectivity index (χ4n) is 4.30. The smallest absolute Gasteiger partial charge is 0.213 e. The van der Waals surface area contributed by atoms with Crippen molar-refractivity contribution in [2.75, 3.05) is 0 Å². The first-order valence-corrected chi connectivity index (χ1v) is 11.7. The number of hydrazone groups is 1. The van der Waals surface area contributed by atoms with Crippen LogP contribution in [0.2, 0.25) is 15.1 Å². The van der Waals surface area contributed by atoms with Crippen molar-refractivity contribution < 1.29 is 4.74 Å². The third kappa shape index (κ3) is 3.87. The van der Waals surface area contributed by atoms with Crippen molar-refractivity contribution in [1.29, 1.82) is 0 Å². The molecule has 0 fully saturated rings. The highest BCUT2D eigenvalue weighted by Gasteiger charge is 2.42. The lowest BCUT2D eigenvalue weighted by molar-refractivity contribution is -0.0189. The van der Waals surface area contributed by atoms with Gasteiger partial charge in [0.15, 0.2) is 0 Å². The number of ether oxygens (including phenoxy) is 1. The number of hydrogen-bond acceptors (Lipinski definition) is 3. The number of benzene rings is 3. The summed E-state index contributed by atoms with van der Waals surface area (Å²) in [6.45, 7) is 6.62. The van der Waals surface area contributed by atoms with Gasteiger partial charge >= 0.3 is 0 Å². The Morgan fingerprint density at radius 3 is 2.25 bits per heavy atom. The molecule has 5 rings (SSSR count). The van der Waals surface area contributed by atoms with E-state index in [4.69, 9.17) is 44.6 Å². The van der Waals surface area contributed by atoms with E-state index in [0.717, 1.165) is 28.8 Å². The molecule has 0 N–H and O–H groups in total. The number of halogens is 3. The molecule has 164 valence electrons. The maximum absolute atomic E-state index is 6.57. The number of rotatable bonds is 2. The van der Waals surface area contributed by atoms with E-state index in [9.17, 15) is 0 Å². The monoisotopic (exact) mass is 484 g/mol. The zero-order chi connectivity index (χ0) is 22.6. The van der Waals surface area contributed by atoms with E-state index in [0.29, 0.717) is 20.8 Å². The molecular weight excluding hydrogens is 463 g/mol. The van der Waals surface area contributed by atoms with Crippen molar-refractivity contribution in [2.24, 2.45) is 5.10 Å². The Balaban J connectivity index is 1.59. The molecule has 3 nitrogen and oxygen atoms in total. The summed E-state index contributed by atoms with van der Waals surface area (Å²) in [5.74, 6) is 0.676. The molecule has 3 aromatic rings. The van der Waals surface area contributed by atoms with Crippen LogP contribution >= 0.6 is 34.8 Å². The van der Waals surface area contributed by atoms with E-state index in [2.05, 4.69) is 45.0 Å². The molecule has 0 aliphatic carbocycles. The molecule has 2 aliphatic heterocycles. The summed E-state index contributed by atoms with van der Waals surface area (Å²) in [7, 11) is 0. The lowest BCUT2D eigenvalue weighted by Gasteiger charge is -2.38. The van der Waals surface area contributed by atoms with Crippen molar-refractivity contribution in [2.45, 2.75) is 44.9 Å². The van der Waals surface area contributed by atoms with Gasteiger partial charge in [-0.15, -0.1) is 0 Å². The standard InChI is InChI=1S/C26H23Cl3N2O/c1-26(2,3)17-8-4-16(5-9-17)25-31-23(20-12-19(28)13-21(29)24(20)32-25)14-22(30-31)15-6-10-18(27)11-7-15/h4-13,23,25H,14H2,1-3H3/t23-,25+/m0/s1. The van der Waals surface area contributed by atoms with Crippen LogP contribution in [-0.4, -0.2) is 10.7 Å². The molecule has 0 bridgehead atoms. The summed E-state index contributed by atoms with van der Waals surface area (Å²) in [4.78, 5) is 0. The van der Waals surface area contributed by atoms with Gasteiger partial charge in [-0.1, -0.05) is 92.0 Å². The largest absolute Gasteiger partial charge is 0.463 e. The molecule has 32 heavy (non-hydrogen) atoms. The van der Waals surface area contributed by atoms with Crippen LogP contribution in [0.5, 0.6) is 5.75 Å². The molecule has 3 aromatic carbocycles. The van der Waals surface area contributed by atoms with E-state index in [-0.39, 0.29) is 17.7 Å². The zero-order valence-electron chi connectivity index (χ0n) is 18.1. The summed E-state index contributed by atoms with van der Waals surface area (Å²) in [5.41, 5.74) is 5.36. The second-order valence-electron chi connectivity index (χ2n) is 9.30. The van der Waals surface area contributed by atoms with Crippen LogP contribution in [0.25, 0.3) is 0 Å². The van der Waals surface area contributed by atoms with E-state index in [1.54, 1.807) is 6.07 Å². The van der Waals surface area contributed by atoms with Gasteiger partial charge in [-0.25, -0.2) is 5.01 Å². The van der Waals surface area contributed by atoms with E-state index in [1.807, 2.05) is 35.3 Å². The normalized spacial score (nSPS) is 19.8. The first-order chi connectivity index (χ1) is 15.2. The van der Waals surface area contributed by atoms with Crippen LogP contribution < -0.4 is 4.74 Å². The van der Waals surface area contributed by atoms with Crippen LogP contribution in [-0.2, 0) is 5.41 Å². The quantitative estimate of drug-likeness (QED) is 0.365. The van der Waals surface area contributed by atoms with E-state index in [1.165, 1.54) is 5.56 Å². The van der Waals surface area contributed by atoms with Crippen LogP contribution in [0.3, 0.4) is 0 Å². The molecule has 0 radical (unpaired) electrons. The first kappa shape index (κ1) is 21.6. The Morgan fingerprint density at radius 1 is 0.906 bits per heavy atom. The minimum atomic E-state index is -0.384. The summed E-state index contributed by atoms with van der Waals surface area (Å²) >= 11 is 19.0. The average molecular weight is 486 g/mol. The maximum Gasteiger partial charge on any atom is 0.213 e. The van der Waals surface area contributed by atoms with Gasteiger partial charge in [-0.05, 0) is 40.8 Å². The summed E-state index contributed by atoms with van der Waals surface area (Å²) < 4.78 is 6.45. The van der Waals surface area contributed by atoms with Crippen molar-refractivity contribution in [3.8, 4) is 5.75 Å². The highest BCUT2D eigenvalue weighted by atomic mass is 35.5. The van der Waals surface area contributed by atoms with Crippen LogP contribution in [0.1, 0.15) is 61.7 Å². The van der Waals surface area contributed by atoms with Crippen molar-refractivity contribution >= 4 is 40.5 Å².